The zero-order valence-electron chi connectivity index (χ0n) is 15.6. The number of rotatable bonds is 4. The monoisotopic (exact) mass is 402 g/mol. The molecular formula is C19H23ClN6O2. The predicted molar refractivity (Wildman–Crippen MR) is 108 cm³/mol. The van der Waals surface area contributed by atoms with Crippen LogP contribution in [-0.2, 0) is 9.53 Å². The third-order valence-electron chi connectivity index (χ3n) is 5.16. The number of ether oxygens (including phenoxy) is 1. The number of piperidine rings is 1. The van der Waals surface area contributed by atoms with Crippen LogP contribution in [0.1, 0.15) is 12.8 Å². The molecule has 1 amide bonds. The topological polar surface area (TPSA) is 83.5 Å². The van der Waals surface area contributed by atoms with Crippen LogP contribution in [0.15, 0.2) is 30.5 Å². The van der Waals surface area contributed by atoms with Gasteiger partial charge in [0.25, 0.3) is 0 Å². The molecule has 2 saturated heterocycles. The fourth-order valence-electron chi connectivity index (χ4n) is 3.53. The number of anilines is 3. The van der Waals surface area contributed by atoms with Crippen molar-refractivity contribution >= 4 is 34.8 Å². The lowest BCUT2D eigenvalue weighted by Crippen LogP contribution is -2.38. The van der Waals surface area contributed by atoms with Gasteiger partial charge in [0.2, 0.25) is 5.91 Å². The van der Waals surface area contributed by atoms with Crippen molar-refractivity contribution in [2.24, 2.45) is 5.92 Å². The van der Waals surface area contributed by atoms with Crippen LogP contribution in [0.2, 0.25) is 5.15 Å². The molecule has 2 aromatic rings. The number of carbonyl (C=O) groups is 1. The molecule has 28 heavy (non-hydrogen) atoms. The van der Waals surface area contributed by atoms with Gasteiger partial charge in [0.05, 0.1) is 25.1 Å². The van der Waals surface area contributed by atoms with E-state index < -0.39 is 0 Å². The van der Waals surface area contributed by atoms with Gasteiger partial charge >= 0.3 is 0 Å². The summed E-state index contributed by atoms with van der Waals surface area (Å²) in [7, 11) is 0. The second-order valence-electron chi connectivity index (χ2n) is 6.97. The van der Waals surface area contributed by atoms with E-state index >= 15 is 0 Å². The first kappa shape index (κ1) is 18.9. The summed E-state index contributed by atoms with van der Waals surface area (Å²) in [6, 6.07) is 7.45. The zero-order valence-corrected chi connectivity index (χ0v) is 16.3. The molecule has 148 valence electrons. The van der Waals surface area contributed by atoms with Crippen molar-refractivity contribution in [3.63, 3.8) is 0 Å². The highest BCUT2D eigenvalue weighted by atomic mass is 35.5. The van der Waals surface area contributed by atoms with E-state index in [1.165, 1.54) is 0 Å². The number of hydrogen-bond donors (Lipinski definition) is 1. The van der Waals surface area contributed by atoms with Crippen LogP contribution in [0, 0.1) is 5.92 Å². The standard InChI is InChI=1S/C19H23ClN6O2/c20-16-2-4-18(24-23-16)25-7-5-14(6-8-25)19(27)22-15-1-3-17(21-13-15)26-9-11-28-12-10-26/h1-4,13-14H,5-12H2,(H,22,27). The third-order valence-corrected chi connectivity index (χ3v) is 5.36. The van der Waals surface area contributed by atoms with Crippen molar-refractivity contribution in [2.75, 3.05) is 54.5 Å². The molecule has 0 atom stereocenters. The maximum Gasteiger partial charge on any atom is 0.227 e. The van der Waals surface area contributed by atoms with Gasteiger partial charge in [0.15, 0.2) is 11.0 Å². The van der Waals surface area contributed by atoms with Crippen molar-refractivity contribution in [3.05, 3.63) is 35.6 Å². The Balaban J connectivity index is 1.29. The molecule has 0 aromatic carbocycles. The summed E-state index contributed by atoms with van der Waals surface area (Å²) < 4.78 is 5.36. The summed E-state index contributed by atoms with van der Waals surface area (Å²) in [4.78, 5) is 21.4. The average molecular weight is 403 g/mol. The van der Waals surface area contributed by atoms with Gasteiger partial charge in [0.1, 0.15) is 5.82 Å². The predicted octanol–water partition coefficient (Wildman–Crippen LogP) is 2.22. The van der Waals surface area contributed by atoms with Crippen LogP contribution in [0.25, 0.3) is 0 Å². The maximum absolute atomic E-state index is 12.6. The SMILES string of the molecule is O=C(Nc1ccc(N2CCOCC2)nc1)C1CCN(c2ccc(Cl)nn2)CC1. The normalized spacial score (nSPS) is 18.2. The molecular weight excluding hydrogens is 380 g/mol. The van der Waals surface area contributed by atoms with Crippen LogP contribution < -0.4 is 15.1 Å². The Bertz CT molecular complexity index is 787. The number of carbonyl (C=O) groups excluding carboxylic acids is 1. The highest BCUT2D eigenvalue weighted by Gasteiger charge is 2.26. The lowest BCUT2D eigenvalue weighted by Gasteiger charge is -2.31. The summed E-state index contributed by atoms with van der Waals surface area (Å²) in [6.07, 6.45) is 3.27. The van der Waals surface area contributed by atoms with E-state index in [1.807, 2.05) is 18.2 Å². The molecule has 2 aromatic heterocycles. The van der Waals surface area contributed by atoms with Gasteiger partial charge < -0.3 is 19.9 Å². The average Bonchev–Trinajstić information content (AvgIpc) is 2.75. The summed E-state index contributed by atoms with van der Waals surface area (Å²) in [5, 5.41) is 11.4. The number of nitrogens with zero attached hydrogens (tertiary/aromatic N) is 5. The van der Waals surface area contributed by atoms with Gasteiger partial charge in [-0.25, -0.2) is 4.98 Å². The Kier molecular flexibility index (Phi) is 5.87. The number of nitrogens with one attached hydrogen (secondary N) is 1. The van der Waals surface area contributed by atoms with Crippen LogP contribution in [0.5, 0.6) is 0 Å². The molecule has 2 fully saturated rings. The summed E-state index contributed by atoms with van der Waals surface area (Å²) in [5.41, 5.74) is 0.730. The van der Waals surface area contributed by atoms with Gasteiger partial charge in [-0.15, -0.1) is 10.2 Å². The Morgan fingerprint density at radius 3 is 2.36 bits per heavy atom. The molecule has 9 heteroatoms. The fraction of sp³-hybridized carbons (Fsp3) is 0.474. The van der Waals surface area contributed by atoms with Crippen LogP contribution in [0.4, 0.5) is 17.3 Å². The van der Waals surface area contributed by atoms with E-state index in [2.05, 4.69) is 30.3 Å². The fourth-order valence-corrected chi connectivity index (χ4v) is 3.63. The molecule has 0 saturated carbocycles. The van der Waals surface area contributed by atoms with E-state index in [4.69, 9.17) is 16.3 Å². The van der Waals surface area contributed by atoms with Gasteiger partial charge in [0, 0.05) is 32.1 Å². The first-order valence-electron chi connectivity index (χ1n) is 9.53. The number of halogens is 1. The van der Waals surface area contributed by atoms with Gasteiger partial charge in [-0.1, -0.05) is 11.6 Å². The second kappa shape index (κ2) is 8.70. The number of aromatic nitrogens is 3. The molecule has 0 aliphatic carbocycles. The van der Waals surface area contributed by atoms with Gasteiger partial charge in [-0.3, -0.25) is 4.79 Å². The largest absolute Gasteiger partial charge is 0.378 e. The molecule has 0 radical (unpaired) electrons. The van der Waals surface area contributed by atoms with Crippen molar-refractivity contribution in [2.45, 2.75) is 12.8 Å². The molecule has 4 rings (SSSR count). The van der Waals surface area contributed by atoms with Crippen LogP contribution >= 0.6 is 11.6 Å². The number of pyridine rings is 1. The first-order valence-corrected chi connectivity index (χ1v) is 9.90. The van der Waals surface area contributed by atoms with E-state index in [0.717, 1.165) is 69.6 Å². The Morgan fingerprint density at radius 1 is 1.00 bits per heavy atom. The van der Waals surface area contributed by atoms with Crippen LogP contribution in [-0.4, -0.2) is 60.5 Å². The van der Waals surface area contributed by atoms with E-state index in [1.54, 1.807) is 12.3 Å². The van der Waals surface area contributed by atoms with E-state index in [0.29, 0.717) is 5.15 Å². The summed E-state index contributed by atoms with van der Waals surface area (Å²) >= 11 is 5.79. The van der Waals surface area contributed by atoms with E-state index in [-0.39, 0.29) is 11.8 Å². The molecule has 1 N–H and O–H groups in total. The van der Waals surface area contributed by atoms with Crippen LogP contribution in [0.3, 0.4) is 0 Å². The summed E-state index contributed by atoms with van der Waals surface area (Å²) in [5.74, 6) is 1.74. The quantitative estimate of drug-likeness (QED) is 0.839. The van der Waals surface area contributed by atoms with Crippen molar-refractivity contribution in [1.29, 1.82) is 0 Å². The third kappa shape index (κ3) is 4.51. The van der Waals surface area contributed by atoms with E-state index in [9.17, 15) is 4.79 Å². The van der Waals surface area contributed by atoms with Gasteiger partial charge in [-0.2, -0.15) is 0 Å². The molecule has 8 nitrogen and oxygen atoms in total. The first-order chi connectivity index (χ1) is 13.7. The van der Waals surface area contributed by atoms with Crippen molar-refractivity contribution in [3.8, 4) is 0 Å². The Morgan fingerprint density at radius 2 is 1.71 bits per heavy atom. The van der Waals surface area contributed by atoms with Crippen molar-refractivity contribution in [1.82, 2.24) is 15.2 Å². The molecule has 0 unspecified atom stereocenters. The van der Waals surface area contributed by atoms with Crippen molar-refractivity contribution < 1.29 is 9.53 Å². The molecule has 0 bridgehead atoms. The zero-order chi connectivity index (χ0) is 19.3. The Labute approximate surface area is 168 Å². The minimum absolute atomic E-state index is 0.0181. The Hall–Kier alpha value is -2.45. The lowest BCUT2D eigenvalue weighted by molar-refractivity contribution is -0.120. The number of amides is 1. The highest BCUT2D eigenvalue weighted by Crippen LogP contribution is 2.23. The molecule has 4 heterocycles. The number of hydrogen-bond acceptors (Lipinski definition) is 7. The number of morpholine rings is 1. The lowest BCUT2D eigenvalue weighted by atomic mass is 9.96. The minimum atomic E-state index is -0.0181. The highest BCUT2D eigenvalue weighted by molar-refractivity contribution is 6.29. The minimum Gasteiger partial charge on any atom is -0.378 e. The molecule has 2 aliphatic rings. The molecule has 2 aliphatic heterocycles. The maximum atomic E-state index is 12.6. The van der Waals surface area contributed by atoms with Gasteiger partial charge in [-0.05, 0) is 37.1 Å². The smallest absolute Gasteiger partial charge is 0.227 e. The summed E-state index contributed by atoms with van der Waals surface area (Å²) in [6.45, 7) is 4.66. The second-order valence-corrected chi connectivity index (χ2v) is 7.36. The molecule has 0 spiro atoms.